The molecule has 0 rings (SSSR count). The molecule has 0 aromatic heterocycles. The molecule has 2 unspecified atom stereocenters. The molecule has 0 heterocycles. The third kappa shape index (κ3) is 27.0. The van der Waals surface area contributed by atoms with E-state index in [4.69, 9.17) is 22.0 Å². The first-order chi connectivity index (χ1) is 14.4. The summed E-state index contributed by atoms with van der Waals surface area (Å²) >= 11 is 0. The predicted octanol–water partition coefficient (Wildman–Crippen LogP) is 0.227. The van der Waals surface area contributed by atoms with Gasteiger partial charge in [0.2, 0.25) is 5.91 Å². The lowest BCUT2D eigenvalue weighted by molar-refractivity contribution is -0.144. The molecule has 9 N–H and O–H groups in total. The van der Waals surface area contributed by atoms with E-state index in [1.54, 1.807) is 0 Å². The van der Waals surface area contributed by atoms with Gasteiger partial charge in [-0.2, -0.15) is 0 Å². The van der Waals surface area contributed by atoms with Crippen molar-refractivity contribution in [2.75, 3.05) is 32.7 Å². The number of carboxylic acid groups (broad SMARTS) is 1. The van der Waals surface area contributed by atoms with Gasteiger partial charge < -0.3 is 42.8 Å². The van der Waals surface area contributed by atoms with Crippen molar-refractivity contribution in [3.8, 4) is 0 Å². The van der Waals surface area contributed by atoms with E-state index in [1.165, 1.54) is 12.4 Å². The Balaban J connectivity index is -0.000000701. The van der Waals surface area contributed by atoms with Gasteiger partial charge in [-0.15, -0.1) is 49.6 Å². The summed E-state index contributed by atoms with van der Waals surface area (Å²) in [5.74, 6) is -2.13. The number of halogens is 4. The topological polar surface area (TPSA) is 205 Å². The SMILES string of the molecule is Cl.Cl.Cl.Cl.N=CCNCCCCC(N)C(=O)NCC(=O)ON=CCNCCCCC(N)C(=O)O. The molecular weight excluding hydrogens is 536 g/mol. The van der Waals surface area contributed by atoms with E-state index in [0.29, 0.717) is 38.9 Å². The van der Waals surface area contributed by atoms with E-state index in [-0.39, 0.29) is 56.2 Å². The number of carboxylic acids is 1. The number of unbranched alkanes of at least 4 members (excludes halogenated alkanes) is 2. The second kappa shape index (κ2) is 29.8. The molecule has 0 aromatic carbocycles. The molecule has 0 saturated heterocycles. The Hall–Kier alpha value is -1.25. The minimum atomic E-state index is -1.00. The lowest BCUT2D eigenvalue weighted by Crippen LogP contribution is -2.42. The first-order valence-electron chi connectivity index (χ1n) is 10.0. The van der Waals surface area contributed by atoms with Crippen LogP contribution in [0.25, 0.3) is 0 Å². The molecule has 1 amide bonds. The zero-order valence-electron chi connectivity index (χ0n) is 18.9. The van der Waals surface area contributed by atoms with Gasteiger partial charge in [-0.25, -0.2) is 4.79 Å². The highest BCUT2D eigenvalue weighted by Crippen LogP contribution is 1.99. The lowest BCUT2D eigenvalue weighted by atomic mass is 10.1. The number of carbonyl (C=O) groups is 3. The van der Waals surface area contributed by atoms with Crippen LogP contribution in [0.5, 0.6) is 0 Å². The van der Waals surface area contributed by atoms with E-state index >= 15 is 0 Å². The third-order valence-electron chi connectivity index (χ3n) is 4.01. The van der Waals surface area contributed by atoms with Crippen molar-refractivity contribution >= 4 is 79.9 Å². The van der Waals surface area contributed by atoms with Crippen LogP contribution in [0.1, 0.15) is 38.5 Å². The van der Waals surface area contributed by atoms with Crippen LogP contribution < -0.4 is 27.4 Å². The van der Waals surface area contributed by atoms with Gasteiger partial charge in [0, 0.05) is 19.3 Å². The molecule has 204 valence electrons. The summed E-state index contributed by atoms with van der Waals surface area (Å²) in [6.45, 7) is 1.99. The van der Waals surface area contributed by atoms with Crippen LogP contribution >= 0.6 is 49.6 Å². The number of hydrogen-bond donors (Lipinski definition) is 7. The summed E-state index contributed by atoms with van der Waals surface area (Å²) in [7, 11) is 0. The molecule has 0 bridgehead atoms. The zero-order chi connectivity index (χ0) is 22.6. The number of aliphatic carboxylic acids is 1. The van der Waals surface area contributed by atoms with Crippen molar-refractivity contribution in [1.82, 2.24) is 16.0 Å². The van der Waals surface area contributed by atoms with Crippen LogP contribution in [0, 0.1) is 5.41 Å². The van der Waals surface area contributed by atoms with Crippen LogP contribution in [0.15, 0.2) is 5.16 Å². The molecule has 0 spiro atoms. The molecule has 0 radical (unpaired) electrons. The van der Waals surface area contributed by atoms with Crippen LogP contribution in [-0.4, -0.2) is 80.2 Å². The number of rotatable bonds is 19. The maximum atomic E-state index is 11.8. The first kappa shape index (κ1) is 42.9. The molecular formula is C18H39Cl4N7O5. The number of amides is 1. The predicted molar refractivity (Wildman–Crippen MR) is 142 cm³/mol. The first-order valence-corrected chi connectivity index (χ1v) is 10.0. The minimum Gasteiger partial charge on any atom is -0.480 e. The number of nitrogens with zero attached hydrogens (tertiary/aromatic N) is 1. The second-order valence-electron chi connectivity index (χ2n) is 6.62. The molecule has 0 fully saturated rings. The molecule has 0 aliphatic rings. The molecule has 12 nitrogen and oxygen atoms in total. The largest absolute Gasteiger partial charge is 0.480 e. The summed E-state index contributed by atoms with van der Waals surface area (Å²) in [6, 6.07) is -1.53. The van der Waals surface area contributed by atoms with Gasteiger partial charge in [0.05, 0.1) is 12.3 Å². The Bertz CT molecular complexity index is 563. The van der Waals surface area contributed by atoms with Crippen molar-refractivity contribution in [2.45, 2.75) is 50.6 Å². The average molecular weight is 575 g/mol. The third-order valence-corrected chi connectivity index (χ3v) is 4.01. The summed E-state index contributed by atoms with van der Waals surface area (Å²) in [5.41, 5.74) is 11.2. The highest BCUT2D eigenvalue weighted by Gasteiger charge is 2.14. The average Bonchev–Trinajstić information content (AvgIpc) is 2.72. The van der Waals surface area contributed by atoms with E-state index in [1.807, 2.05) is 0 Å². The van der Waals surface area contributed by atoms with Gasteiger partial charge >= 0.3 is 11.9 Å². The Morgan fingerprint density at radius 2 is 1.44 bits per heavy atom. The molecule has 2 atom stereocenters. The molecule has 0 aromatic rings. The quantitative estimate of drug-likeness (QED) is 0.0487. The summed E-state index contributed by atoms with van der Waals surface area (Å²) in [5, 5.41) is 27.5. The van der Waals surface area contributed by atoms with Gasteiger partial charge in [-0.05, 0) is 38.8 Å². The Morgan fingerprint density at radius 3 is 1.97 bits per heavy atom. The minimum absolute atomic E-state index is 0. The summed E-state index contributed by atoms with van der Waals surface area (Å²) in [4.78, 5) is 38.5. The fraction of sp³-hybridized carbons (Fsp3) is 0.722. The number of nitrogens with one attached hydrogen (secondary N) is 4. The van der Waals surface area contributed by atoms with Crippen molar-refractivity contribution in [3.63, 3.8) is 0 Å². The lowest BCUT2D eigenvalue weighted by Gasteiger charge is -2.11. The standard InChI is InChI=1S/C18H35N7O5.4ClH/c19-7-10-22-8-3-1-5-14(20)17(27)24-13-16(26)30-25-12-11-23-9-4-2-6-15(21)18(28)29;;;;/h7,12,14-15,19,22-23H,1-6,8-11,13,20-21H2,(H,24,27)(H,28,29);4*1H. The smallest absolute Gasteiger partial charge is 0.353 e. The second-order valence-corrected chi connectivity index (χ2v) is 6.62. The summed E-state index contributed by atoms with van der Waals surface area (Å²) < 4.78 is 0. The fourth-order valence-corrected chi connectivity index (χ4v) is 2.28. The maximum absolute atomic E-state index is 11.8. The Labute approximate surface area is 225 Å². The van der Waals surface area contributed by atoms with Crippen molar-refractivity contribution in [2.24, 2.45) is 16.6 Å². The van der Waals surface area contributed by atoms with E-state index in [0.717, 1.165) is 25.8 Å². The molecule has 0 saturated carbocycles. The Morgan fingerprint density at radius 1 is 0.912 bits per heavy atom. The van der Waals surface area contributed by atoms with Crippen molar-refractivity contribution in [3.05, 3.63) is 0 Å². The molecule has 16 heteroatoms. The highest BCUT2D eigenvalue weighted by atomic mass is 35.5. The monoisotopic (exact) mass is 573 g/mol. The van der Waals surface area contributed by atoms with Crippen LogP contribution in [-0.2, 0) is 19.2 Å². The van der Waals surface area contributed by atoms with Gasteiger partial charge in [-0.3, -0.25) is 9.59 Å². The van der Waals surface area contributed by atoms with Crippen molar-refractivity contribution in [1.29, 1.82) is 5.41 Å². The fourth-order valence-electron chi connectivity index (χ4n) is 2.28. The zero-order valence-corrected chi connectivity index (χ0v) is 22.2. The van der Waals surface area contributed by atoms with Crippen LogP contribution in [0.3, 0.4) is 0 Å². The summed E-state index contributed by atoms with van der Waals surface area (Å²) in [6.07, 6.45) is 6.63. The van der Waals surface area contributed by atoms with Crippen LogP contribution in [0.2, 0.25) is 0 Å². The number of hydrogen-bond acceptors (Lipinski definition) is 10. The normalized spacial score (nSPS) is 11.5. The maximum Gasteiger partial charge on any atom is 0.353 e. The number of oxime groups is 1. The number of carbonyl (C=O) groups excluding carboxylic acids is 2. The highest BCUT2D eigenvalue weighted by molar-refractivity contribution is 5.86. The molecule has 0 aliphatic heterocycles. The van der Waals surface area contributed by atoms with Gasteiger partial charge in [0.1, 0.15) is 12.6 Å². The van der Waals surface area contributed by atoms with Gasteiger partial charge in [0.15, 0.2) is 0 Å². The van der Waals surface area contributed by atoms with E-state index in [2.05, 4.69) is 25.9 Å². The van der Waals surface area contributed by atoms with E-state index in [9.17, 15) is 14.4 Å². The Kier molecular flexibility index (Phi) is 37.6. The van der Waals surface area contributed by atoms with E-state index < -0.39 is 29.9 Å². The van der Waals surface area contributed by atoms with Crippen molar-refractivity contribution < 1.29 is 24.3 Å². The van der Waals surface area contributed by atoms with Gasteiger partial charge in [-0.1, -0.05) is 18.0 Å². The van der Waals surface area contributed by atoms with Gasteiger partial charge in [0.25, 0.3) is 0 Å². The molecule has 0 aliphatic carbocycles. The number of nitrogens with two attached hydrogens (primary N) is 2. The molecule has 34 heavy (non-hydrogen) atoms. The van der Waals surface area contributed by atoms with Crippen LogP contribution in [0.4, 0.5) is 0 Å².